The minimum Gasteiger partial charge on any atom is -0.497 e. The summed E-state index contributed by atoms with van der Waals surface area (Å²) >= 11 is 0. The van der Waals surface area contributed by atoms with Gasteiger partial charge in [0.05, 0.1) is 18.3 Å². The van der Waals surface area contributed by atoms with Crippen molar-refractivity contribution in [2.24, 2.45) is 11.8 Å². The van der Waals surface area contributed by atoms with Gasteiger partial charge in [0.1, 0.15) is 5.78 Å². The molecule has 2 nitrogen and oxygen atoms in total. The molecule has 1 rings (SSSR count). The average Bonchev–Trinajstić information content (AvgIpc) is 2.30. The molecule has 1 unspecified atom stereocenters. The Morgan fingerprint density at radius 3 is 2.75 bits per heavy atom. The zero-order chi connectivity index (χ0) is 12.0. The van der Waals surface area contributed by atoms with E-state index in [0.717, 1.165) is 18.6 Å². The number of hydrogen-bond acceptors (Lipinski definition) is 2. The largest absolute Gasteiger partial charge is 0.497 e. The average molecular weight is 222 g/mol. The van der Waals surface area contributed by atoms with Crippen LogP contribution in [0.4, 0.5) is 0 Å². The minimum atomic E-state index is 0.0387. The number of Topliss-reactive ketones (excluding diaryl/α,β-unsaturated/α-hetero) is 1. The molecular weight excluding hydrogens is 200 g/mol. The standard InChI is InChI=1S/C14H22O2/c1-4-14(15)13(11(2)3)10-16-12-8-6-5-7-9-12/h5-6,8,11,13H,4,7,9-10H2,1-3H3. The molecular formula is C14H22O2. The Morgan fingerprint density at radius 1 is 1.50 bits per heavy atom. The molecule has 0 bridgehead atoms. The maximum absolute atomic E-state index is 11.7. The molecule has 0 fully saturated rings. The Morgan fingerprint density at radius 2 is 2.25 bits per heavy atom. The van der Waals surface area contributed by atoms with E-state index in [4.69, 9.17) is 4.74 Å². The van der Waals surface area contributed by atoms with Crippen LogP contribution in [0.2, 0.25) is 0 Å². The fraction of sp³-hybridized carbons (Fsp3) is 0.643. The fourth-order valence-corrected chi connectivity index (χ4v) is 1.82. The molecule has 1 atom stereocenters. The van der Waals surface area contributed by atoms with E-state index in [0.29, 0.717) is 24.7 Å². The predicted octanol–water partition coefficient (Wildman–Crippen LogP) is 3.49. The highest BCUT2D eigenvalue weighted by molar-refractivity contribution is 5.81. The van der Waals surface area contributed by atoms with E-state index < -0.39 is 0 Å². The van der Waals surface area contributed by atoms with Crippen molar-refractivity contribution in [2.75, 3.05) is 6.61 Å². The van der Waals surface area contributed by atoms with Gasteiger partial charge in [0.15, 0.2) is 0 Å². The molecule has 1 aliphatic carbocycles. The second-order valence-corrected chi connectivity index (χ2v) is 4.58. The maximum atomic E-state index is 11.7. The van der Waals surface area contributed by atoms with Gasteiger partial charge in [0.2, 0.25) is 0 Å². The molecule has 0 aromatic heterocycles. The summed E-state index contributed by atoms with van der Waals surface area (Å²) in [5.41, 5.74) is 0. The van der Waals surface area contributed by atoms with Gasteiger partial charge in [-0.1, -0.05) is 32.9 Å². The van der Waals surface area contributed by atoms with E-state index in [1.165, 1.54) is 0 Å². The van der Waals surface area contributed by atoms with Crippen LogP contribution in [-0.4, -0.2) is 12.4 Å². The van der Waals surface area contributed by atoms with Crippen LogP contribution in [0.15, 0.2) is 24.0 Å². The van der Waals surface area contributed by atoms with Gasteiger partial charge < -0.3 is 4.74 Å². The summed E-state index contributed by atoms with van der Waals surface area (Å²) in [6.45, 7) is 6.61. The van der Waals surface area contributed by atoms with Crippen LogP contribution in [0, 0.1) is 11.8 Å². The first-order valence-electron chi connectivity index (χ1n) is 6.16. The van der Waals surface area contributed by atoms with Gasteiger partial charge >= 0.3 is 0 Å². The molecule has 0 spiro atoms. The molecule has 0 N–H and O–H groups in total. The lowest BCUT2D eigenvalue weighted by atomic mass is 9.91. The molecule has 2 heteroatoms. The lowest BCUT2D eigenvalue weighted by molar-refractivity contribution is -0.125. The molecule has 0 saturated heterocycles. The topological polar surface area (TPSA) is 26.3 Å². The monoisotopic (exact) mass is 222 g/mol. The second kappa shape index (κ2) is 6.51. The highest BCUT2D eigenvalue weighted by atomic mass is 16.5. The first kappa shape index (κ1) is 13.0. The molecule has 0 radical (unpaired) electrons. The Bertz CT molecular complexity index is 287. The van der Waals surface area contributed by atoms with Crippen molar-refractivity contribution < 1.29 is 9.53 Å². The van der Waals surface area contributed by atoms with Crippen LogP contribution in [0.1, 0.15) is 40.0 Å². The number of carbonyl (C=O) groups is 1. The van der Waals surface area contributed by atoms with Crippen molar-refractivity contribution in [3.8, 4) is 0 Å². The van der Waals surface area contributed by atoms with Crippen LogP contribution >= 0.6 is 0 Å². The molecule has 90 valence electrons. The predicted molar refractivity (Wildman–Crippen MR) is 66.0 cm³/mol. The molecule has 0 heterocycles. The molecule has 0 aromatic rings. The van der Waals surface area contributed by atoms with E-state index in [1.54, 1.807) is 0 Å². The van der Waals surface area contributed by atoms with Crippen LogP contribution in [0.25, 0.3) is 0 Å². The Hall–Kier alpha value is -1.05. The lowest BCUT2D eigenvalue weighted by Crippen LogP contribution is -2.24. The number of ether oxygens (including phenoxy) is 1. The summed E-state index contributed by atoms with van der Waals surface area (Å²) in [7, 11) is 0. The molecule has 0 saturated carbocycles. The number of allylic oxidation sites excluding steroid dienone is 4. The third-order valence-electron chi connectivity index (χ3n) is 2.99. The highest BCUT2D eigenvalue weighted by Crippen LogP contribution is 2.19. The Labute approximate surface area is 98.4 Å². The summed E-state index contributed by atoms with van der Waals surface area (Å²) in [6, 6.07) is 0. The van der Waals surface area contributed by atoms with Crippen LogP contribution in [0.5, 0.6) is 0 Å². The van der Waals surface area contributed by atoms with Gasteiger partial charge in [-0.2, -0.15) is 0 Å². The van der Waals surface area contributed by atoms with Crippen molar-refractivity contribution in [3.63, 3.8) is 0 Å². The maximum Gasteiger partial charge on any atom is 0.139 e. The third-order valence-corrected chi connectivity index (χ3v) is 2.99. The van der Waals surface area contributed by atoms with Gasteiger partial charge in [-0.15, -0.1) is 0 Å². The van der Waals surface area contributed by atoms with E-state index in [2.05, 4.69) is 19.9 Å². The van der Waals surface area contributed by atoms with Crippen LogP contribution < -0.4 is 0 Å². The zero-order valence-corrected chi connectivity index (χ0v) is 10.5. The quantitative estimate of drug-likeness (QED) is 0.687. The summed E-state index contributed by atoms with van der Waals surface area (Å²) in [6.07, 6.45) is 8.75. The SMILES string of the molecule is CCC(=O)C(COC1=CC=CCC1)C(C)C. The summed E-state index contributed by atoms with van der Waals surface area (Å²) < 4.78 is 5.72. The van der Waals surface area contributed by atoms with Crippen molar-refractivity contribution in [2.45, 2.75) is 40.0 Å². The van der Waals surface area contributed by atoms with E-state index in [9.17, 15) is 4.79 Å². The molecule has 0 amide bonds. The van der Waals surface area contributed by atoms with Crippen molar-refractivity contribution >= 4 is 5.78 Å². The lowest BCUT2D eigenvalue weighted by Gasteiger charge is -2.21. The van der Waals surface area contributed by atoms with Gasteiger partial charge in [-0.25, -0.2) is 0 Å². The number of rotatable bonds is 6. The highest BCUT2D eigenvalue weighted by Gasteiger charge is 2.21. The molecule has 0 aromatic carbocycles. The molecule has 1 aliphatic rings. The molecule has 0 aliphatic heterocycles. The Balaban J connectivity index is 2.46. The fourth-order valence-electron chi connectivity index (χ4n) is 1.82. The summed E-state index contributed by atoms with van der Waals surface area (Å²) in [5.74, 6) is 1.71. The summed E-state index contributed by atoms with van der Waals surface area (Å²) in [4.78, 5) is 11.7. The number of hydrogen-bond donors (Lipinski definition) is 0. The normalized spacial score (nSPS) is 17.1. The van der Waals surface area contributed by atoms with E-state index in [-0.39, 0.29) is 5.92 Å². The molecule has 16 heavy (non-hydrogen) atoms. The first-order valence-corrected chi connectivity index (χ1v) is 6.16. The zero-order valence-electron chi connectivity index (χ0n) is 10.5. The summed E-state index contributed by atoms with van der Waals surface area (Å²) in [5, 5.41) is 0. The van der Waals surface area contributed by atoms with Crippen LogP contribution in [0.3, 0.4) is 0 Å². The first-order chi connectivity index (χ1) is 7.65. The van der Waals surface area contributed by atoms with Crippen molar-refractivity contribution in [1.82, 2.24) is 0 Å². The van der Waals surface area contributed by atoms with E-state index in [1.807, 2.05) is 19.1 Å². The third kappa shape index (κ3) is 3.84. The van der Waals surface area contributed by atoms with Gasteiger partial charge in [-0.3, -0.25) is 4.79 Å². The van der Waals surface area contributed by atoms with Gasteiger partial charge in [0, 0.05) is 12.8 Å². The second-order valence-electron chi connectivity index (χ2n) is 4.58. The smallest absolute Gasteiger partial charge is 0.139 e. The van der Waals surface area contributed by atoms with Gasteiger partial charge in [0.25, 0.3) is 0 Å². The number of ketones is 1. The van der Waals surface area contributed by atoms with E-state index >= 15 is 0 Å². The van der Waals surface area contributed by atoms with Crippen molar-refractivity contribution in [3.05, 3.63) is 24.0 Å². The Kier molecular flexibility index (Phi) is 5.30. The number of carbonyl (C=O) groups excluding carboxylic acids is 1. The van der Waals surface area contributed by atoms with Crippen LogP contribution in [-0.2, 0) is 9.53 Å². The minimum absolute atomic E-state index is 0.0387. The van der Waals surface area contributed by atoms with Gasteiger partial charge in [-0.05, 0) is 18.4 Å². The van der Waals surface area contributed by atoms with Crippen molar-refractivity contribution in [1.29, 1.82) is 0 Å².